The standard InChI is InChI=1S/C16H23N3O2S/c1-12(21-14-10-6-3-7-11-14)15(20)18-19-16(22)17-13-8-4-2-5-9-13/h3,6-7,10-13H,2,4-5,8-9H2,1H3,(H,18,20)(H2,17,19,22)/t12-/m0/s1. The highest BCUT2D eigenvalue weighted by Crippen LogP contribution is 2.17. The zero-order chi connectivity index (χ0) is 15.8. The lowest BCUT2D eigenvalue weighted by molar-refractivity contribution is -0.127. The van der Waals surface area contributed by atoms with E-state index in [2.05, 4.69) is 16.2 Å². The van der Waals surface area contributed by atoms with Crippen LogP contribution in [0, 0.1) is 0 Å². The molecular weight excluding hydrogens is 298 g/mol. The van der Waals surface area contributed by atoms with Gasteiger partial charge < -0.3 is 10.1 Å². The Morgan fingerprint density at radius 1 is 1.18 bits per heavy atom. The maximum Gasteiger partial charge on any atom is 0.279 e. The number of nitrogens with one attached hydrogen (secondary N) is 3. The van der Waals surface area contributed by atoms with Gasteiger partial charge in [-0.3, -0.25) is 15.6 Å². The normalized spacial score (nSPS) is 16.4. The van der Waals surface area contributed by atoms with Gasteiger partial charge in [-0.25, -0.2) is 0 Å². The molecule has 1 fully saturated rings. The fourth-order valence-corrected chi connectivity index (χ4v) is 2.66. The topological polar surface area (TPSA) is 62.4 Å². The maximum atomic E-state index is 12.0. The Morgan fingerprint density at radius 3 is 2.55 bits per heavy atom. The number of ether oxygens (including phenoxy) is 1. The summed E-state index contributed by atoms with van der Waals surface area (Å²) in [5.74, 6) is 0.393. The molecule has 1 aromatic rings. The van der Waals surface area contributed by atoms with Crippen LogP contribution in [0.4, 0.5) is 0 Å². The molecule has 1 aromatic carbocycles. The monoisotopic (exact) mass is 321 g/mol. The molecule has 1 aliphatic rings. The predicted octanol–water partition coefficient (Wildman–Crippen LogP) is 2.28. The van der Waals surface area contributed by atoms with E-state index in [1.165, 1.54) is 19.3 Å². The van der Waals surface area contributed by atoms with Crippen molar-refractivity contribution in [1.82, 2.24) is 16.2 Å². The largest absolute Gasteiger partial charge is 0.481 e. The quantitative estimate of drug-likeness (QED) is 0.587. The van der Waals surface area contributed by atoms with Crippen molar-refractivity contribution in [3.8, 4) is 5.75 Å². The van der Waals surface area contributed by atoms with Gasteiger partial charge in [-0.05, 0) is 44.1 Å². The third-order valence-corrected chi connectivity index (χ3v) is 3.88. The van der Waals surface area contributed by atoms with Crippen LogP contribution in [0.5, 0.6) is 5.75 Å². The molecule has 0 heterocycles. The average molecular weight is 321 g/mol. The molecule has 1 amide bonds. The molecule has 1 aliphatic carbocycles. The van der Waals surface area contributed by atoms with Gasteiger partial charge >= 0.3 is 0 Å². The molecule has 0 aromatic heterocycles. The first kappa shape index (κ1) is 16.5. The number of thiocarbonyl (C=S) groups is 1. The van der Waals surface area contributed by atoms with Gasteiger partial charge in [0.25, 0.3) is 5.91 Å². The van der Waals surface area contributed by atoms with E-state index in [-0.39, 0.29) is 5.91 Å². The van der Waals surface area contributed by atoms with Crippen molar-refractivity contribution >= 4 is 23.2 Å². The molecule has 120 valence electrons. The van der Waals surface area contributed by atoms with E-state index < -0.39 is 6.10 Å². The van der Waals surface area contributed by atoms with Crippen molar-refractivity contribution in [2.75, 3.05) is 0 Å². The number of hydrogen-bond donors (Lipinski definition) is 3. The predicted molar refractivity (Wildman–Crippen MR) is 90.4 cm³/mol. The number of para-hydroxylation sites is 1. The van der Waals surface area contributed by atoms with Crippen molar-refractivity contribution < 1.29 is 9.53 Å². The van der Waals surface area contributed by atoms with E-state index in [9.17, 15) is 4.79 Å². The minimum Gasteiger partial charge on any atom is -0.481 e. The van der Waals surface area contributed by atoms with Crippen LogP contribution < -0.4 is 20.9 Å². The Labute approximate surface area is 136 Å². The van der Waals surface area contributed by atoms with E-state index in [4.69, 9.17) is 17.0 Å². The number of hydrogen-bond acceptors (Lipinski definition) is 3. The summed E-state index contributed by atoms with van der Waals surface area (Å²) < 4.78 is 5.54. The Hall–Kier alpha value is -1.82. The summed E-state index contributed by atoms with van der Waals surface area (Å²) in [6.45, 7) is 1.70. The summed E-state index contributed by atoms with van der Waals surface area (Å²) in [7, 11) is 0. The summed E-state index contributed by atoms with van der Waals surface area (Å²) in [6, 6.07) is 9.65. The Bertz CT molecular complexity index is 489. The third kappa shape index (κ3) is 5.52. The number of carbonyl (C=O) groups excluding carboxylic acids is 1. The van der Waals surface area contributed by atoms with Crippen LogP contribution in [0.1, 0.15) is 39.0 Å². The maximum absolute atomic E-state index is 12.0. The highest BCUT2D eigenvalue weighted by Gasteiger charge is 2.16. The summed E-state index contributed by atoms with van der Waals surface area (Å²) in [4.78, 5) is 12.0. The zero-order valence-corrected chi connectivity index (χ0v) is 13.6. The lowest BCUT2D eigenvalue weighted by atomic mass is 9.96. The summed E-state index contributed by atoms with van der Waals surface area (Å²) in [5, 5.41) is 3.68. The second-order valence-electron chi connectivity index (χ2n) is 5.50. The molecule has 22 heavy (non-hydrogen) atoms. The number of benzene rings is 1. The van der Waals surface area contributed by atoms with Gasteiger partial charge in [-0.15, -0.1) is 0 Å². The van der Waals surface area contributed by atoms with Crippen LogP contribution in [0.25, 0.3) is 0 Å². The van der Waals surface area contributed by atoms with Crippen LogP contribution >= 0.6 is 12.2 Å². The molecular formula is C16H23N3O2S. The Morgan fingerprint density at radius 2 is 1.86 bits per heavy atom. The number of carbonyl (C=O) groups is 1. The number of amides is 1. The van der Waals surface area contributed by atoms with Gasteiger partial charge in [0, 0.05) is 6.04 Å². The Balaban J connectivity index is 1.68. The SMILES string of the molecule is C[C@H](Oc1ccccc1)C(=O)NNC(=S)NC1CCCCC1. The minimum absolute atomic E-state index is 0.267. The fourth-order valence-electron chi connectivity index (χ4n) is 2.45. The fraction of sp³-hybridized carbons (Fsp3) is 0.500. The van der Waals surface area contributed by atoms with Crippen molar-refractivity contribution in [3.05, 3.63) is 30.3 Å². The second kappa shape index (κ2) is 8.58. The minimum atomic E-state index is -0.604. The molecule has 6 heteroatoms. The van der Waals surface area contributed by atoms with Crippen molar-refractivity contribution in [2.45, 2.75) is 51.2 Å². The molecule has 1 atom stereocenters. The number of rotatable bonds is 4. The highest BCUT2D eigenvalue weighted by molar-refractivity contribution is 7.80. The van der Waals surface area contributed by atoms with Gasteiger partial charge in [0.2, 0.25) is 0 Å². The summed E-state index contributed by atoms with van der Waals surface area (Å²) in [6.07, 6.45) is 5.41. The zero-order valence-electron chi connectivity index (χ0n) is 12.8. The van der Waals surface area contributed by atoms with E-state index in [0.717, 1.165) is 12.8 Å². The van der Waals surface area contributed by atoms with Crippen molar-refractivity contribution in [2.24, 2.45) is 0 Å². The molecule has 1 saturated carbocycles. The van der Waals surface area contributed by atoms with Crippen LogP contribution in [-0.4, -0.2) is 23.2 Å². The second-order valence-corrected chi connectivity index (χ2v) is 5.90. The molecule has 0 radical (unpaired) electrons. The van der Waals surface area contributed by atoms with Gasteiger partial charge in [0.05, 0.1) is 0 Å². The first-order chi connectivity index (χ1) is 10.6. The first-order valence-corrected chi connectivity index (χ1v) is 8.14. The van der Waals surface area contributed by atoms with Crippen molar-refractivity contribution in [3.63, 3.8) is 0 Å². The van der Waals surface area contributed by atoms with Gasteiger partial charge in [0.1, 0.15) is 5.75 Å². The number of hydrazine groups is 1. The van der Waals surface area contributed by atoms with E-state index in [1.807, 2.05) is 30.3 Å². The summed E-state index contributed by atoms with van der Waals surface area (Å²) in [5.41, 5.74) is 5.31. The van der Waals surface area contributed by atoms with Gasteiger partial charge in [-0.1, -0.05) is 37.5 Å². The molecule has 0 spiro atoms. The lowest BCUT2D eigenvalue weighted by Gasteiger charge is -2.24. The van der Waals surface area contributed by atoms with Gasteiger partial charge in [0.15, 0.2) is 11.2 Å². The first-order valence-electron chi connectivity index (χ1n) is 7.73. The third-order valence-electron chi connectivity index (χ3n) is 3.66. The lowest BCUT2D eigenvalue weighted by Crippen LogP contribution is -2.52. The van der Waals surface area contributed by atoms with E-state index in [1.54, 1.807) is 6.92 Å². The van der Waals surface area contributed by atoms with Crippen LogP contribution in [0.15, 0.2) is 30.3 Å². The van der Waals surface area contributed by atoms with E-state index >= 15 is 0 Å². The van der Waals surface area contributed by atoms with E-state index in [0.29, 0.717) is 16.9 Å². The smallest absolute Gasteiger partial charge is 0.279 e. The molecule has 2 rings (SSSR count). The van der Waals surface area contributed by atoms with Crippen LogP contribution in [0.3, 0.4) is 0 Å². The van der Waals surface area contributed by atoms with Crippen molar-refractivity contribution in [1.29, 1.82) is 0 Å². The average Bonchev–Trinajstić information content (AvgIpc) is 2.54. The Kier molecular flexibility index (Phi) is 6.45. The molecule has 0 saturated heterocycles. The summed E-state index contributed by atoms with van der Waals surface area (Å²) >= 11 is 5.19. The van der Waals surface area contributed by atoms with Gasteiger partial charge in [-0.2, -0.15) is 0 Å². The van der Waals surface area contributed by atoms with Crippen LogP contribution in [0.2, 0.25) is 0 Å². The highest BCUT2D eigenvalue weighted by atomic mass is 32.1. The molecule has 0 unspecified atom stereocenters. The molecule has 5 nitrogen and oxygen atoms in total. The molecule has 0 bridgehead atoms. The molecule has 0 aliphatic heterocycles. The van der Waals surface area contributed by atoms with Crippen LogP contribution in [-0.2, 0) is 4.79 Å². The molecule has 3 N–H and O–H groups in total.